The Bertz CT molecular complexity index is 313. The summed E-state index contributed by atoms with van der Waals surface area (Å²) in [6, 6.07) is 7.11. The van der Waals surface area contributed by atoms with Crippen molar-refractivity contribution in [3.8, 4) is 0 Å². The lowest BCUT2D eigenvalue weighted by Gasteiger charge is -2.18. The summed E-state index contributed by atoms with van der Waals surface area (Å²) >= 11 is 3.56. The fourth-order valence-corrected chi connectivity index (χ4v) is 2.57. The zero-order valence-electron chi connectivity index (χ0n) is 10.7. The predicted molar refractivity (Wildman–Crippen MR) is 74.8 cm³/mol. The van der Waals surface area contributed by atoms with Crippen molar-refractivity contribution in [1.29, 1.82) is 0 Å². The van der Waals surface area contributed by atoms with Crippen molar-refractivity contribution in [2.24, 2.45) is 5.92 Å². The molecule has 0 spiro atoms. The van der Waals surface area contributed by atoms with Crippen LogP contribution in [0.25, 0.3) is 0 Å². The van der Waals surface area contributed by atoms with Crippen molar-refractivity contribution in [3.63, 3.8) is 0 Å². The van der Waals surface area contributed by atoms with Gasteiger partial charge in [-0.15, -0.1) is 0 Å². The van der Waals surface area contributed by atoms with Crippen LogP contribution >= 0.6 is 15.9 Å². The van der Waals surface area contributed by atoms with Crippen molar-refractivity contribution in [2.75, 3.05) is 7.05 Å². The Balaban J connectivity index is 2.78. The first-order chi connectivity index (χ1) is 7.52. The standard InChI is InChI=1S/C14H22BrN/c1-10(2)5-6-14(16-4)12-7-11(3)8-13(15)9-12/h7-10,14,16H,5-6H2,1-4H3. The fraction of sp³-hybridized carbons (Fsp3) is 0.571. The molecule has 0 amide bonds. The van der Waals surface area contributed by atoms with E-state index in [9.17, 15) is 0 Å². The van der Waals surface area contributed by atoms with Crippen LogP contribution in [-0.2, 0) is 0 Å². The third kappa shape index (κ3) is 4.26. The zero-order valence-corrected chi connectivity index (χ0v) is 12.3. The van der Waals surface area contributed by atoms with E-state index in [2.05, 4.69) is 60.2 Å². The van der Waals surface area contributed by atoms with Crippen LogP contribution in [-0.4, -0.2) is 7.05 Å². The van der Waals surface area contributed by atoms with E-state index >= 15 is 0 Å². The highest BCUT2D eigenvalue weighted by Crippen LogP contribution is 2.24. The van der Waals surface area contributed by atoms with Crippen molar-refractivity contribution in [1.82, 2.24) is 5.32 Å². The number of aryl methyl sites for hydroxylation is 1. The second kappa shape index (κ2) is 6.41. The fourth-order valence-electron chi connectivity index (χ4n) is 1.94. The summed E-state index contributed by atoms with van der Waals surface area (Å²) in [5.41, 5.74) is 2.70. The second-order valence-electron chi connectivity index (χ2n) is 4.87. The average molecular weight is 284 g/mol. The van der Waals surface area contributed by atoms with Gasteiger partial charge in [-0.3, -0.25) is 0 Å². The van der Waals surface area contributed by atoms with E-state index < -0.39 is 0 Å². The van der Waals surface area contributed by atoms with Gasteiger partial charge in [0.25, 0.3) is 0 Å². The lowest BCUT2D eigenvalue weighted by atomic mass is 9.97. The molecule has 2 heteroatoms. The summed E-state index contributed by atoms with van der Waals surface area (Å²) in [5, 5.41) is 3.41. The van der Waals surface area contributed by atoms with Gasteiger partial charge in [0.2, 0.25) is 0 Å². The molecule has 0 bridgehead atoms. The molecule has 0 aliphatic rings. The van der Waals surface area contributed by atoms with Gasteiger partial charge in [0.15, 0.2) is 0 Å². The number of nitrogens with one attached hydrogen (secondary N) is 1. The van der Waals surface area contributed by atoms with Crippen LogP contribution in [0.15, 0.2) is 22.7 Å². The van der Waals surface area contributed by atoms with Gasteiger partial charge in [-0.05, 0) is 56.0 Å². The molecular weight excluding hydrogens is 262 g/mol. The topological polar surface area (TPSA) is 12.0 Å². The molecule has 1 rings (SSSR count). The maximum absolute atomic E-state index is 3.56. The molecule has 16 heavy (non-hydrogen) atoms. The Labute approximate surface area is 108 Å². The Hall–Kier alpha value is -0.340. The van der Waals surface area contributed by atoms with Crippen LogP contribution in [0.4, 0.5) is 0 Å². The molecule has 90 valence electrons. The van der Waals surface area contributed by atoms with Gasteiger partial charge in [-0.2, -0.15) is 0 Å². The van der Waals surface area contributed by atoms with Crippen LogP contribution in [0.2, 0.25) is 0 Å². The third-order valence-electron chi connectivity index (χ3n) is 2.85. The number of hydrogen-bond donors (Lipinski definition) is 1. The molecule has 0 saturated carbocycles. The number of halogens is 1. The summed E-state index contributed by atoms with van der Waals surface area (Å²) in [6.07, 6.45) is 2.46. The molecule has 0 fully saturated rings. The van der Waals surface area contributed by atoms with Gasteiger partial charge >= 0.3 is 0 Å². The highest BCUT2D eigenvalue weighted by Gasteiger charge is 2.10. The summed E-state index contributed by atoms with van der Waals surface area (Å²) in [4.78, 5) is 0. The maximum atomic E-state index is 3.56. The van der Waals surface area contributed by atoms with E-state index in [1.165, 1.54) is 28.4 Å². The highest BCUT2D eigenvalue weighted by atomic mass is 79.9. The number of benzene rings is 1. The van der Waals surface area contributed by atoms with E-state index in [0.29, 0.717) is 6.04 Å². The van der Waals surface area contributed by atoms with E-state index in [1.807, 2.05) is 7.05 Å². The Kier molecular flexibility index (Phi) is 5.50. The molecule has 0 aliphatic carbocycles. The molecule has 1 unspecified atom stereocenters. The molecule has 1 N–H and O–H groups in total. The Morgan fingerprint density at radius 3 is 2.38 bits per heavy atom. The minimum atomic E-state index is 0.471. The average Bonchev–Trinajstić information content (AvgIpc) is 2.16. The molecule has 1 aromatic rings. The van der Waals surface area contributed by atoms with E-state index in [-0.39, 0.29) is 0 Å². The molecule has 1 aromatic carbocycles. The summed E-state index contributed by atoms with van der Waals surface area (Å²) in [7, 11) is 2.04. The van der Waals surface area contributed by atoms with Gasteiger partial charge in [0.1, 0.15) is 0 Å². The monoisotopic (exact) mass is 283 g/mol. The van der Waals surface area contributed by atoms with Gasteiger partial charge in [-0.25, -0.2) is 0 Å². The molecular formula is C14H22BrN. The summed E-state index contributed by atoms with van der Waals surface area (Å²) in [5.74, 6) is 0.768. The van der Waals surface area contributed by atoms with Crippen LogP contribution in [0.5, 0.6) is 0 Å². The summed E-state index contributed by atoms with van der Waals surface area (Å²) in [6.45, 7) is 6.70. The van der Waals surface area contributed by atoms with Crippen LogP contribution in [0.3, 0.4) is 0 Å². The largest absolute Gasteiger partial charge is 0.313 e. The summed E-state index contributed by atoms with van der Waals surface area (Å²) < 4.78 is 1.17. The van der Waals surface area contributed by atoms with E-state index in [4.69, 9.17) is 0 Å². The minimum Gasteiger partial charge on any atom is -0.313 e. The van der Waals surface area contributed by atoms with Crippen molar-refractivity contribution >= 4 is 15.9 Å². The van der Waals surface area contributed by atoms with Crippen molar-refractivity contribution < 1.29 is 0 Å². The lowest BCUT2D eigenvalue weighted by molar-refractivity contribution is 0.465. The first-order valence-electron chi connectivity index (χ1n) is 5.97. The molecule has 0 heterocycles. The Morgan fingerprint density at radius 2 is 1.88 bits per heavy atom. The van der Waals surface area contributed by atoms with Crippen LogP contribution in [0, 0.1) is 12.8 Å². The second-order valence-corrected chi connectivity index (χ2v) is 5.79. The lowest BCUT2D eigenvalue weighted by Crippen LogP contribution is -2.17. The predicted octanol–water partition coefficient (Wildman–Crippen LogP) is 4.45. The number of rotatable bonds is 5. The quantitative estimate of drug-likeness (QED) is 0.842. The van der Waals surface area contributed by atoms with E-state index in [0.717, 1.165) is 5.92 Å². The van der Waals surface area contributed by atoms with Crippen molar-refractivity contribution in [2.45, 2.75) is 39.7 Å². The van der Waals surface area contributed by atoms with Gasteiger partial charge in [0, 0.05) is 10.5 Å². The minimum absolute atomic E-state index is 0.471. The smallest absolute Gasteiger partial charge is 0.0318 e. The molecule has 1 atom stereocenters. The van der Waals surface area contributed by atoms with Gasteiger partial charge in [-0.1, -0.05) is 35.8 Å². The molecule has 0 saturated heterocycles. The third-order valence-corrected chi connectivity index (χ3v) is 3.31. The van der Waals surface area contributed by atoms with Crippen molar-refractivity contribution in [3.05, 3.63) is 33.8 Å². The number of hydrogen-bond acceptors (Lipinski definition) is 1. The van der Waals surface area contributed by atoms with Crippen LogP contribution < -0.4 is 5.32 Å². The normalized spacial score (nSPS) is 13.1. The first kappa shape index (κ1) is 13.7. The molecule has 0 aliphatic heterocycles. The maximum Gasteiger partial charge on any atom is 0.0318 e. The highest BCUT2D eigenvalue weighted by molar-refractivity contribution is 9.10. The first-order valence-corrected chi connectivity index (χ1v) is 6.76. The van der Waals surface area contributed by atoms with Gasteiger partial charge in [0.05, 0.1) is 0 Å². The van der Waals surface area contributed by atoms with Gasteiger partial charge < -0.3 is 5.32 Å². The molecule has 0 radical (unpaired) electrons. The Morgan fingerprint density at radius 1 is 1.19 bits per heavy atom. The zero-order chi connectivity index (χ0) is 12.1. The van der Waals surface area contributed by atoms with Crippen LogP contribution in [0.1, 0.15) is 43.9 Å². The molecule has 1 nitrogen and oxygen atoms in total. The SMILES string of the molecule is CNC(CCC(C)C)c1cc(C)cc(Br)c1. The van der Waals surface area contributed by atoms with E-state index in [1.54, 1.807) is 0 Å². The molecule has 0 aromatic heterocycles.